The molecular formula is C20H15F3N4O2. The number of alkyl halides is 3. The summed E-state index contributed by atoms with van der Waals surface area (Å²) in [4.78, 5) is 8.32. The molecule has 1 aliphatic rings. The minimum Gasteiger partial charge on any atom is -0.474 e. The fourth-order valence-electron chi connectivity index (χ4n) is 3.06. The van der Waals surface area contributed by atoms with Gasteiger partial charge in [-0.1, -0.05) is 12.1 Å². The summed E-state index contributed by atoms with van der Waals surface area (Å²) in [7, 11) is 0. The van der Waals surface area contributed by atoms with Gasteiger partial charge in [0.1, 0.15) is 12.7 Å². The van der Waals surface area contributed by atoms with Crippen molar-refractivity contribution in [2.75, 3.05) is 6.61 Å². The Morgan fingerprint density at radius 3 is 2.52 bits per heavy atom. The van der Waals surface area contributed by atoms with Gasteiger partial charge in [0, 0.05) is 17.8 Å². The first-order chi connectivity index (χ1) is 13.8. The Labute approximate surface area is 164 Å². The molecule has 1 aliphatic heterocycles. The monoisotopic (exact) mass is 400 g/mol. The summed E-state index contributed by atoms with van der Waals surface area (Å²) in [6.45, 7) is 2.58. The van der Waals surface area contributed by atoms with Gasteiger partial charge in [-0.2, -0.15) is 23.4 Å². The summed E-state index contributed by atoms with van der Waals surface area (Å²) >= 11 is 0. The van der Waals surface area contributed by atoms with Crippen LogP contribution in [0.1, 0.15) is 17.0 Å². The van der Waals surface area contributed by atoms with Gasteiger partial charge in [0.25, 0.3) is 6.01 Å². The lowest BCUT2D eigenvalue weighted by Gasteiger charge is -2.11. The van der Waals surface area contributed by atoms with Gasteiger partial charge in [-0.3, -0.25) is 4.57 Å². The van der Waals surface area contributed by atoms with Crippen LogP contribution in [0.3, 0.4) is 0 Å². The maximum atomic E-state index is 12.7. The third-order valence-corrected chi connectivity index (χ3v) is 4.65. The highest BCUT2D eigenvalue weighted by molar-refractivity contribution is 5.63. The van der Waals surface area contributed by atoms with Crippen LogP contribution in [0.5, 0.6) is 11.9 Å². The molecule has 3 aromatic rings. The first kappa shape index (κ1) is 18.8. The second-order valence-corrected chi connectivity index (χ2v) is 6.56. The van der Waals surface area contributed by atoms with E-state index >= 15 is 0 Å². The molecule has 2 aromatic heterocycles. The summed E-state index contributed by atoms with van der Waals surface area (Å²) in [5.74, 6) is 0.378. The summed E-state index contributed by atoms with van der Waals surface area (Å²) in [5.41, 5.74) is 1.72. The molecule has 0 unspecified atom stereocenters. The molecule has 1 atom stereocenters. The molecule has 0 saturated heterocycles. The van der Waals surface area contributed by atoms with Crippen LogP contribution < -0.4 is 9.47 Å². The third-order valence-electron chi connectivity index (χ3n) is 4.65. The maximum absolute atomic E-state index is 12.7. The van der Waals surface area contributed by atoms with E-state index in [0.29, 0.717) is 35.3 Å². The highest BCUT2D eigenvalue weighted by atomic mass is 19.4. The zero-order chi connectivity index (χ0) is 20.6. The number of nitrogens with zero attached hydrogens (tertiary/aromatic N) is 4. The van der Waals surface area contributed by atoms with Crippen molar-refractivity contribution in [1.82, 2.24) is 14.5 Å². The Hall–Kier alpha value is -3.54. The molecule has 148 valence electrons. The van der Waals surface area contributed by atoms with Gasteiger partial charge in [0.15, 0.2) is 11.8 Å². The van der Waals surface area contributed by atoms with Crippen LogP contribution in [0.2, 0.25) is 0 Å². The lowest BCUT2D eigenvalue weighted by molar-refractivity contribution is -0.137. The van der Waals surface area contributed by atoms with E-state index in [1.165, 1.54) is 12.1 Å². The molecule has 0 fully saturated rings. The number of pyridine rings is 1. The van der Waals surface area contributed by atoms with Crippen LogP contribution in [0, 0.1) is 18.3 Å². The number of rotatable bonds is 4. The molecule has 3 heterocycles. The van der Waals surface area contributed by atoms with Crippen molar-refractivity contribution in [3.8, 4) is 29.1 Å². The molecule has 0 bridgehead atoms. The summed E-state index contributed by atoms with van der Waals surface area (Å²) in [5, 5.41) is 8.98. The minimum absolute atomic E-state index is 0.247. The Bertz CT molecular complexity index is 1070. The van der Waals surface area contributed by atoms with Crippen LogP contribution in [0.25, 0.3) is 11.1 Å². The average molecular weight is 400 g/mol. The number of benzene rings is 1. The van der Waals surface area contributed by atoms with Crippen LogP contribution in [-0.2, 0) is 12.7 Å². The predicted octanol–water partition coefficient (Wildman–Crippen LogP) is 3.98. The second kappa shape index (κ2) is 7.13. The van der Waals surface area contributed by atoms with Crippen molar-refractivity contribution in [3.05, 3.63) is 59.5 Å². The number of imidazole rings is 1. The van der Waals surface area contributed by atoms with E-state index in [4.69, 9.17) is 14.7 Å². The zero-order valence-electron chi connectivity index (χ0n) is 15.3. The normalized spacial score (nSPS) is 15.5. The van der Waals surface area contributed by atoms with Crippen molar-refractivity contribution in [2.24, 2.45) is 0 Å². The first-order valence-corrected chi connectivity index (χ1v) is 8.75. The number of hydrogen-bond donors (Lipinski definition) is 0. The molecule has 0 aliphatic carbocycles. The minimum atomic E-state index is -4.36. The van der Waals surface area contributed by atoms with Crippen molar-refractivity contribution < 1.29 is 22.6 Å². The Kier molecular flexibility index (Phi) is 4.62. The molecule has 6 nitrogen and oxygen atoms in total. The lowest BCUT2D eigenvalue weighted by Crippen LogP contribution is -2.24. The lowest BCUT2D eigenvalue weighted by atomic mass is 10.1. The van der Waals surface area contributed by atoms with Gasteiger partial charge in [0.2, 0.25) is 5.88 Å². The smallest absolute Gasteiger partial charge is 0.416 e. The quantitative estimate of drug-likeness (QED) is 0.662. The molecule has 1 aromatic carbocycles. The van der Waals surface area contributed by atoms with Crippen LogP contribution in [0.4, 0.5) is 13.2 Å². The second-order valence-electron chi connectivity index (χ2n) is 6.56. The average Bonchev–Trinajstić information content (AvgIpc) is 3.25. The number of hydrogen-bond acceptors (Lipinski definition) is 5. The number of ether oxygens (including phenoxy) is 2. The molecule has 0 N–H and O–H groups in total. The molecule has 0 saturated carbocycles. The SMILES string of the molecule is Cc1c(C#N)nc2n1C[C@@H](COc1ccc(-c3ccc(C(F)(F)F)cc3)cn1)O2. The van der Waals surface area contributed by atoms with E-state index < -0.39 is 11.7 Å². The van der Waals surface area contributed by atoms with Gasteiger partial charge >= 0.3 is 6.18 Å². The third kappa shape index (κ3) is 3.74. The number of aromatic nitrogens is 3. The fourth-order valence-corrected chi connectivity index (χ4v) is 3.06. The van der Waals surface area contributed by atoms with E-state index in [-0.39, 0.29) is 12.7 Å². The zero-order valence-corrected chi connectivity index (χ0v) is 15.3. The number of nitriles is 1. The molecular weight excluding hydrogens is 385 g/mol. The van der Waals surface area contributed by atoms with Crippen molar-refractivity contribution in [3.63, 3.8) is 0 Å². The maximum Gasteiger partial charge on any atom is 0.416 e. The van der Waals surface area contributed by atoms with Gasteiger partial charge in [-0.15, -0.1) is 0 Å². The summed E-state index contributed by atoms with van der Waals surface area (Å²) in [6.07, 6.45) is -3.07. The molecule has 4 rings (SSSR count). The molecule has 9 heteroatoms. The van der Waals surface area contributed by atoms with Gasteiger partial charge in [-0.25, -0.2) is 4.98 Å². The van der Waals surface area contributed by atoms with Crippen molar-refractivity contribution in [2.45, 2.75) is 25.7 Å². The van der Waals surface area contributed by atoms with E-state index in [9.17, 15) is 13.2 Å². The number of fused-ring (bicyclic) bond motifs is 1. The fraction of sp³-hybridized carbons (Fsp3) is 0.250. The molecule has 0 amide bonds. The van der Waals surface area contributed by atoms with E-state index in [2.05, 4.69) is 9.97 Å². The Morgan fingerprint density at radius 1 is 1.21 bits per heavy atom. The summed E-state index contributed by atoms with van der Waals surface area (Å²) in [6, 6.07) is 10.7. The Morgan fingerprint density at radius 2 is 1.93 bits per heavy atom. The molecule has 0 spiro atoms. The van der Waals surface area contributed by atoms with Crippen molar-refractivity contribution in [1.29, 1.82) is 5.26 Å². The Balaban J connectivity index is 1.36. The van der Waals surface area contributed by atoms with E-state index in [0.717, 1.165) is 17.8 Å². The number of halogens is 3. The predicted molar refractivity (Wildman–Crippen MR) is 96.3 cm³/mol. The first-order valence-electron chi connectivity index (χ1n) is 8.75. The topological polar surface area (TPSA) is 73.0 Å². The molecule has 29 heavy (non-hydrogen) atoms. The van der Waals surface area contributed by atoms with Crippen molar-refractivity contribution >= 4 is 0 Å². The standard InChI is InChI=1S/C20H15F3N4O2/c1-12-17(8-24)26-19-27(12)10-16(29-19)11-28-18-7-4-14(9-25-18)13-2-5-15(6-3-13)20(21,22)23/h2-7,9,16H,10-11H2,1H3/t16-/m0/s1. The largest absolute Gasteiger partial charge is 0.474 e. The van der Waals surface area contributed by atoms with Crippen LogP contribution in [0.15, 0.2) is 42.6 Å². The summed E-state index contributed by atoms with van der Waals surface area (Å²) < 4.78 is 51.1. The van der Waals surface area contributed by atoms with Gasteiger partial charge < -0.3 is 9.47 Å². The molecule has 0 radical (unpaired) electrons. The highest BCUT2D eigenvalue weighted by Gasteiger charge is 2.30. The van der Waals surface area contributed by atoms with E-state index in [1.54, 1.807) is 18.3 Å². The van der Waals surface area contributed by atoms with E-state index in [1.807, 2.05) is 17.6 Å². The van der Waals surface area contributed by atoms with Gasteiger partial charge in [0.05, 0.1) is 17.8 Å². The van der Waals surface area contributed by atoms with Crippen LogP contribution >= 0.6 is 0 Å². The van der Waals surface area contributed by atoms with Gasteiger partial charge in [-0.05, 0) is 30.7 Å². The van der Waals surface area contributed by atoms with Crippen LogP contribution in [-0.4, -0.2) is 27.2 Å². The highest BCUT2D eigenvalue weighted by Crippen LogP contribution is 2.31.